The number of nitrogens with zero attached hydrogens (tertiary/aromatic N) is 7. The molecule has 182 valence electrons. The highest BCUT2D eigenvalue weighted by atomic mass is 35.5. The SMILES string of the molecule is Clc1ccc(Cn2nc(CNCCSc3nnnn3-c3ccccc3)c(-c3ccccc3)n2)c(Cl)c1. The zero-order valence-corrected chi connectivity index (χ0v) is 21.5. The van der Waals surface area contributed by atoms with Crippen LogP contribution in [0.15, 0.2) is 84.0 Å². The van der Waals surface area contributed by atoms with Crippen LogP contribution in [0.4, 0.5) is 0 Å². The number of thioether (sulfide) groups is 1. The van der Waals surface area contributed by atoms with E-state index >= 15 is 0 Å². The van der Waals surface area contributed by atoms with Gasteiger partial charge in [-0.1, -0.05) is 89.6 Å². The highest BCUT2D eigenvalue weighted by molar-refractivity contribution is 7.99. The lowest BCUT2D eigenvalue weighted by Crippen LogP contribution is -2.18. The molecule has 11 heteroatoms. The first-order chi connectivity index (χ1) is 17.7. The Morgan fingerprint density at radius 2 is 1.67 bits per heavy atom. The summed E-state index contributed by atoms with van der Waals surface area (Å²) in [5.74, 6) is 0.794. The molecule has 36 heavy (non-hydrogen) atoms. The first-order valence-electron chi connectivity index (χ1n) is 11.3. The molecule has 0 aliphatic rings. The van der Waals surface area contributed by atoms with Crippen LogP contribution in [-0.2, 0) is 13.1 Å². The fraction of sp³-hybridized carbons (Fsp3) is 0.160. The van der Waals surface area contributed by atoms with Crippen molar-refractivity contribution in [2.24, 2.45) is 0 Å². The number of rotatable bonds is 10. The van der Waals surface area contributed by atoms with Crippen LogP contribution >= 0.6 is 35.0 Å². The molecule has 3 aromatic carbocycles. The Morgan fingerprint density at radius 3 is 2.44 bits per heavy atom. The number of hydrogen-bond donors (Lipinski definition) is 1. The second kappa shape index (κ2) is 11.7. The molecule has 5 aromatic rings. The van der Waals surface area contributed by atoms with E-state index < -0.39 is 0 Å². The minimum atomic E-state index is 0.452. The predicted molar refractivity (Wildman–Crippen MR) is 143 cm³/mol. The average Bonchev–Trinajstić information content (AvgIpc) is 3.54. The van der Waals surface area contributed by atoms with Gasteiger partial charge in [-0.25, -0.2) is 0 Å². The Bertz CT molecular complexity index is 1420. The highest BCUT2D eigenvalue weighted by Crippen LogP contribution is 2.24. The Labute approximate surface area is 222 Å². The van der Waals surface area contributed by atoms with Crippen LogP contribution in [0.25, 0.3) is 16.9 Å². The van der Waals surface area contributed by atoms with Crippen LogP contribution in [0.1, 0.15) is 11.3 Å². The Balaban J connectivity index is 1.24. The van der Waals surface area contributed by atoms with E-state index in [0.29, 0.717) is 23.1 Å². The maximum Gasteiger partial charge on any atom is 0.214 e. The van der Waals surface area contributed by atoms with Gasteiger partial charge in [-0.05, 0) is 40.3 Å². The van der Waals surface area contributed by atoms with E-state index in [0.717, 1.165) is 45.7 Å². The van der Waals surface area contributed by atoms with Gasteiger partial charge in [-0.15, -0.1) is 5.10 Å². The number of hydrogen-bond acceptors (Lipinski definition) is 7. The number of benzene rings is 3. The van der Waals surface area contributed by atoms with Crippen molar-refractivity contribution >= 4 is 35.0 Å². The zero-order chi connectivity index (χ0) is 24.7. The zero-order valence-electron chi connectivity index (χ0n) is 19.1. The van der Waals surface area contributed by atoms with E-state index in [4.69, 9.17) is 33.4 Å². The van der Waals surface area contributed by atoms with Gasteiger partial charge >= 0.3 is 0 Å². The standard InChI is InChI=1S/C25H22Cl2N8S/c26-20-12-11-19(22(27)15-20)17-34-30-23(24(31-34)18-7-3-1-4-8-18)16-28-13-14-36-25-29-32-33-35(25)21-9-5-2-6-10-21/h1-12,15,28H,13-14,16-17H2. The molecule has 0 aliphatic carbocycles. The molecule has 0 unspecified atom stereocenters. The Hall–Kier alpha value is -3.24. The summed E-state index contributed by atoms with van der Waals surface area (Å²) in [6.45, 7) is 1.77. The summed E-state index contributed by atoms with van der Waals surface area (Å²) >= 11 is 14.0. The third kappa shape index (κ3) is 5.93. The van der Waals surface area contributed by atoms with Gasteiger partial charge in [0, 0.05) is 34.5 Å². The summed E-state index contributed by atoms with van der Waals surface area (Å²) in [5, 5.41) is 27.0. The summed E-state index contributed by atoms with van der Waals surface area (Å²) in [6.07, 6.45) is 0. The van der Waals surface area contributed by atoms with Crippen molar-refractivity contribution < 1.29 is 0 Å². The van der Waals surface area contributed by atoms with E-state index in [1.807, 2.05) is 72.8 Å². The van der Waals surface area contributed by atoms with Gasteiger partial charge in [-0.2, -0.15) is 19.7 Å². The fourth-order valence-electron chi connectivity index (χ4n) is 3.62. The molecule has 0 saturated carbocycles. The summed E-state index contributed by atoms with van der Waals surface area (Å²) in [7, 11) is 0. The number of nitrogens with one attached hydrogen (secondary N) is 1. The molecule has 1 N–H and O–H groups in total. The van der Waals surface area contributed by atoms with Crippen LogP contribution in [0, 0.1) is 0 Å². The van der Waals surface area contributed by atoms with Gasteiger partial charge in [0.15, 0.2) is 0 Å². The lowest BCUT2D eigenvalue weighted by molar-refractivity contribution is 0.579. The van der Waals surface area contributed by atoms with Crippen LogP contribution in [0.2, 0.25) is 10.0 Å². The van der Waals surface area contributed by atoms with Gasteiger partial charge in [0.05, 0.1) is 12.2 Å². The number of para-hydroxylation sites is 1. The van der Waals surface area contributed by atoms with E-state index in [1.54, 1.807) is 27.3 Å². The maximum absolute atomic E-state index is 6.37. The molecule has 0 aliphatic heterocycles. The van der Waals surface area contributed by atoms with Crippen molar-refractivity contribution in [1.29, 1.82) is 0 Å². The van der Waals surface area contributed by atoms with Crippen molar-refractivity contribution in [3.63, 3.8) is 0 Å². The molecule has 2 aromatic heterocycles. The number of aromatic nitrogens is 7. The van der Waals surface area contributed by atoms with Crippen LogP contribution in [0.5, 0.6) is 0 Å². The first kappa shape index (κ1) is 24.5. The molecule has 5 rings (SSSR count). The van der Waals surface area contributed by atoms with E-state index in [2.05, 4.69) is 20.8 Å². The second-order valence-electron chi connectivity index (χ2n) is 7.86. The average molecular weight is 537 g/mol. The van der Waals surface area contributed by atoms with Gasteiger partial charge in [-0.3, -0.25) is 0 Å². The predicted octanol–water partition coefficient (Wildman–Crippen LogP) is 5.16. The quantitative estimate of drug-likeness (QED) is 0.195. The molecule has 0 bridgehead atoms. The molecular weight excluding hydrogens is 515 g/mol. The normalized spacial score (nSPS) is 11.2. The summed E-state index contributed by atoms with van der Waals surface area (Å²) in [4.78, 5) is 1.68. The monoisotopic (exact) mass is 536 g/mol. The molecule has 0 fully saturated rings. The Kier molecular flexibility index (Phi) is 7.92. The molecular formula is C25H22Cl2N8S. The van der Waals surface area contributed by atoms with Crippen molar-refractivity contribution in [2.75, 3.05) is 12.3 Å². The Morgan fingerprint density at radius 1 is 0.889 bits per heavy atom. The minimum absolute atomic E-state index is 0.452. The first-order valence-corrected chi connectivity index (χ1v) is 13.0. The molecule has 8 nitrogen and oxygen atoms in total. The van der Waals surface area contributed by atoms with E-state index in [1.165, 1.54) is 0 Å². The second-order valence-corrected chi connectivity index (χ2v) is 9.77. The molecule has 0 atom stereocenters. The lowest BCUT2D eigenvalue weighted by Gasteiger charge is -2.05. The van der Waals surface area contributed by atoms with Crippen molar-refractivity contribution in [3.8, 4) is 16.9 Å². The van der Waals surface area contributed by atoms with Crippen LogP contribution in [-0.4, -0.2) is 47.5 Å². The number of tetrazole rings is 1. The van der Waals surface area contributed by atoms with Crippen molar-refractivity contribution in [1.82, 2.24) is 40.5 Å². The smallest absolute Gasteiger partial charge is 0.214 e. The lowest BCUT2D eigenvalue weighted by atomic mass is 10.1. The van der Waals surface area contributed by atoms with Gasteiger partial charge in [0.25, 0.3) is 0 Å². The van der Waals surface area contributed by atoms with Crippen molar-refractivity contribution in [3.05, 3.63) is 100 Å². The summed E-state index contributed by atoms with van der Waals surface area (Å²) in [6, 6.07) is 25.3. The van der Waals surface area contributed by atoms with E-state index in [-0.39, 0.29) is 0 Å². The third-order valence-electron chi connectivity index (χ3n) is 5.34. The summed E-state index contributed by atoms with van der Waals surface area (Å²) < 4.78 is 1.74. The van der Waals surface area contributed by atoms with E-state index in [9.17, 15) is 0 Å². The van der Waals surface area contributed by atoms with Gasteiger partial charge in [0.2, 0.25) is 5.16 Å². The molecule has 0 spiro atoms. The van der Waals surface area contributed by atoms with Crippen LogP contribution < -0.4 is 5.32 Å². The topological polar surface area (TPSA) is 86.3 Å². The third-order valence-corrected chi connectivity index (χ3v) is 6.85. The molecule has 0 amide bonds. The van der Waals surface area contributed by atoms with Gasteiger partial charge < -0.3 is 5.32 Å². The minimum Gasteiger partial charge on any atom is -0.310 e. The van der Waals surface area contributed by atoms with Crippen LogP contribution in [0.3, 0.4) is 0 Å². The highest BCUT2D eigenvalue weighted by Gasteiger charge is 2.14. The molecule has 0 radical (unpaired) electrons. The van der Waals surface area contributed by atoms with Crippen molar-refractivity contribution in [2.45, 2.75) is 18.2 Å². The number of halogens is 2. The maximum atomic E-state index is 6.37. The molecule has 2 heterocycles. The largest absolute Gasteiger partial charge is 0.310 e. The fourth-order valence-corrected chi connectivity index (χ4v) is 4.87. The summed E-state index contributed by atoms with van der Waals surface area (Å²) in [5.41, 5.74) is 4.56. The molecule has 0 saturated heterocycles. The van der Waals surface area contributed by atoms with Gasteiger partial charge in [0.1, 0.15) is 11.4 Å².